The molecule has 0 saturated carbocycles. The summed E-state index contributed by atoms with van der Waals surface area (Å²) in [6.45, 7) is 0.582. The molecule has 5 nitrogen and oxygen atoms in total. The van der Waals surface area contributed by atoms with Crippen molar-refractivity contribution in [2.75, 3.05) is 4.90 Å². The van der Waals surface area contributed by atoms with Crippen LogP contribution in [-0.2, 0) is 17.8 Å². The fourth-order valence-corrected chi connectivity index (χ4v) is 3.41. The summed E-state index contributed by atoms with van der Waals surface area (Å²) in [5.74, 6) is 0.347. The molecule has 1 amide bonds. The first-order valence-corrected chi connectivity index (χ1v) is 8.04. The molecular formula is C18H15ClN4O. The lowest BCUT2D eigenvalue weighted by molar-refractivity contribution is -0.119. The number of halogens is 1. The van der Waals surface area contributed by atoms with Crippen molar-refractivity contribution in [3.63, 3.8) is 0 Å². The van der Waals surface area contributed by atoms with E-state index in [9.17, 15) is 4.79 Å². The molecule has 0 unspecified atom stereocenters. The molecule has 0 saturated heterocycles. The first kappa shape index (κ1) is 14.9. The smallest absolute Gasteiger partial charge is 0.240 e. The van der Waals surface area contributed by atoms with Crippen LogP contribution in [0.15, 0.2) is 48.8 Å². The molecule has 0 spiro atoms. The third-order valence-electron chi connectivity index (χ3n) is 4.43. The Kier molecular flexibility index (Phi) is 3.58. The second-order valence-electron chi connectivity index (χ2n) is 5.88. The highest BCUT2D eigenvalue weighted by Crippen LogP contribution is 2.32. The Balaban J connectivity index is 1.87. The molecule has 1 aromatic heterocycles. The summed E-state index contributed by atoms with van der Waals surface area (Å²) in [4.78, 5) is 22.7. The molecule has 3 aromatic rings. The van der Waals surface area contributed by atoms with Crippen LogP contribution >= 0.6 is 11.6 Å². The zero-order chi connectivity index (χ0) is 16.7. The van der Waals surface area contributed by atoms with Gasteiger partial charge in [-0.3, -0.25) is 4.79 Å². The summed E-state index contributed by atoms with van der Waals surface area (Å²) in [5, 5.41) is 1.47. The number of nitrogens with two attached hydrogens (primary N) is 1. The maximum Gasteiger partial charge on any atom is 0.240 e. The van der Waals surface area contributed by atoms with E-state index >= 15 is 0 Å². The van der Waals surface area contributed by atoms with E-state index in [1.165, 1.54) is 11.9 Å². The van der Waals surface area contributed by atoms with Gasteiger partial charge in [-0.15, -0.1) is 0 Å². The molecule has 0 radical (unpaired) electrons. The predicted molar refractivity (Wildman–Crippen MR) is 93.9 cm³/mol. The summed E-state index contributed by atoms with van der Waals surface area (Å²) in [6.07, 6.45) is 2.07. The van der Waals surface area contributed by atoms with Crippen LogP contribution in [0, 0.1) is 0 Å². The average molecular weight is 339 g/mol. The van der Waals surface area contributed by atoms with Crippen LogP contribution in [0.4, 0.5) is 5.82 Å². The highest BCUT2D eigenvalue weighted by Gasteiger charge is 2.31. The van der Waals surface area contributed by atoms with E-state index in [4.69, 9.17) is 17.3 Å². The standard InChI is InChI=1S/C18H15ClN4O/c19-13-5-6-14-15(8-13)21-10-22-18(14)23-9-12-4-2-1-3-11(12)7-16(23)17(20)24/h1-6,8,10,16H,7,9H2,(H2,20,24)/t16-/m0/s1. The molecule has 1 aliphatic heterocycles. The molecule has 4 rings (SSSR count). The van der Waals surface area contributed by atoms with Gasteiger partial charge in [0, 0.05) is 23.4 Å². The Morgan fingerprint density at radius 3 is 2.75 bits per heavy atom. The largest absolute Gasteiger partial charge is 0.368 e. The molecule has 1 aliphatic rings. The molecule has 1 atom stereocenters. The minimum atomic E-state index is -0.436. The molecule has 2 heterocycles. The Morgan fingerprint density at radius 2 is 1.96 bits per heavy atom. The first-order chi connectivity index (χ1) is 11.6. The van der Waals surface area contributed by atoms with Crippen molar-refractivity contribution in [2.45, 2.75) is 19.0 Å². The number of benzene rings is 2. The lowest BCUT2D eigenvalue weighted by Gasteiger charge is -2.36. The average Bonchev–Trinajstić information content (AvgIpc) is 2.59. The molecule has 6 heteroatoms. The maximum absolute atomic E-state index is 12.1. The zero-order valence-corrected chi connectivity index (χ0v) is 13.6. The van der Waals surface area contributed by atoms with E-state index in [2.05, 4.69) is 16.0 Å². The van der Waals surface area contributed by atoms with Gasteiger partial charge in [0.1, 0.15) is 18.2 Å². The van der Waals surface area contributed by atoms with Gasteiger partial charge >= 0.3 is 0 Å². The quantitative estimate of drug-likeness (QED) is 0.779. The SMILES string of the molecule is NC(=O)[C@@H]1Cc2ccccc2CN1c1ncnc2cc(Cl)ccc12. The van der Waals surface area contributed by atoms with Gasteiger partial charge in [-0.2, -0.15) is 0 Å². The number of rotatable bonds is 2. The van der Waals surface area contributed by atoms with Crippen LogP contribution in [0.25, 0.3) is 10.9 Å². The summed E-state index contributed by atoms with van der Waals surface area (Å²) in [6, 6.07) is 13.1. The Morgan fingerprint density at radius 1 is 1.17 bits per heavy atom. The van der Waals surface area contributed by atoms with Crippen LogP contribution in [0.5, 0.6) is 0 Å². The minimum Gasteiger partial charge on any atom is -0.368 e. The van der Waals surface area contributed by atoms with Crippen LogP contribution in [0.1, 0.15) is 11.1 Å². The zero-order valence-electron chi connectivity index (χ0n) is 12.8. The van der Waals surface area contributed by atoms with Gasteiger partial charge in [0.2, 0.25) is 5.91 Å². The van der Waals surface area contributed by atoms with Crippen LogP contribution < -0.4 is 10.6 Å². The number of nitrogens with zero attached hydrogens (tertiary/aromatic N) is 3. The van der Waals surface area contributed by atoms with Crippen molar-refractivity contribution < 1.29 is 4.79 Å². The number of hydrogen-bond donors (Lipinski definition) is 1. The number of anilines is 1. The number of aromatic nitrogens is 2. The highest BCUT2D eigenvalue weighted by molar-refractivity contribution is 6.31. The number of carbonyl (C=O) groups is 1. The van der Waals surface area contributed by atoms with E-state index in [-0.39, 0.29) is 5.91 Å². The van der Waals surface area contributed by atoms with Gasteiger partial charge < -0.3 is 10.6 Å². The van der Waals surface area contributed by atoms with Gasteiger partial charge in [0.05, 0.1) is 5.52 Å². The van der Waals surface area contributed by atoms with Crippen LogP contribution in [-0.4, -0.2) is 21.9 Å². The van der Waals surface area contributed by atoms with Gasteiger partial charge in [0.15, 0.2) is 0 Å². The lowest BCUT2D eigenvalue weighted by Crippen LogP contribution is -2.49. The van der Waals surface area contributed by atoms with Crippen molar-refractivity contribution >= 4 is 34.2 Å². The molecule has 0 aliphatic carbocycles. The Bertz CT molecular complexity index is 943. The van der Waals surface area contributed by atoms with E-state index in [0.717, 1.165) is 16.5 Å². The van der Waals surface area contributed by atoms with Gasteiger partial charge in [-0.05, 0) is 29.3 Å². The van der Waals surface area contributed by atoms with Crippen molar-refractivity contribution in [1.82, 2.24) is 9.97 Å². The minimum absolute atomic E-state index is 0.356. The number of carbonyl (C=O) groups excluding carboxylic acids is 1. The second-order valence-corrected chi connectivity index (χ2v) is 6.31. The van der Waals surface area contributed by atoms with Crippen molar-refractivity contribution in [3.05, 3.63) is 64.9 Å². The maximum atomic E-state index is 12.1. The topological polar surface area (TPSA) is 72.1 Å². The molecule has 2 aromatic carbocycles. The fourth-order valence-electron chi connectivity index (χ4n) is 3.24. The van der Waals surface area contributed by atoms with E-state index in [0.29, 0.717) is 23.8 Å². The third kappa shape index (κ3) is 2.47. The van der Waals surface area contributed by atoms with Crippen molar-refractivity contribution in [2.24, 2.45) is 5.73 Å². The van der Waals surface area contributed by atoms with E-state index < -0.39 is 6.04 Å². The molecule has 0 bridgehead atoms. The normalized spacial score (nSPS) is 16.9. The Labute approximate surface area is 144 Å². The number of hydrogen-bond acceptors (Lipinski definition) is 4. The number of amides is 1. The predicted octanol–water partition coefficient (Wildman–Crippen LogP) is 2.70. The van der Waals surface area contributed by atoms with E-state index in [1.807, 2.05) is 29.2 Å². The second kappa shape index (κ2) is 5.76. The Hall–Kier alpha value is -2.66. The highest BCUT2D eigenvalue weighted by atomic mass is 35.5. The molecule has 120 valence electrons. The van der Waals surface area contributed by atoms with Crippen molar-refractivity contribution in [3.8, 4) is 0 Å². The van der Waals surface area contributed by atoms with Gasteiger partial charge in [-0.25, -0.2) is 9.97 Å². The monoisotopic (exact) mass is 338 g/mol. The molecule has 2 N–H and O–H groups in total. The summed E-state index contributed by atoms with van der Waals surface area (Å²) < 4.78 is 0. The van der Waals surface area contributed by atoms with Crippen molar-refractivity contribution in [1.29, 1.82) is 0 Å². The summed E-state index contributed by atoms with van der Waals surface area (Å²) >= 11 is 6.05. The number of fused-ring (bicyclic) bond motifs is 2. The van der Waals surface area contributed by atoms with Crippen LogP contribution in [0.2, 0.25) is 5.02 Å². The summed E-state index contributed by atoms with van der Waals surface area (Å²) in [5.41, 5.74) is 8.75. The van der Waals surface area contributed by atoms with Crippen LogP contribution in [0.3, 0.4) is 0 Å². The van der Waals surface area contributed by atoms with Gasteiger partial charge in [-0.1, -0.05) is 35.9 Å². The summed E-state index contributed by atoms with van der Waals surface area (Å²) in [7, 11) is 0. The first-order valence-electron chi connectivity index (χ1n) is 7.66. The van der Waals surface area contributed by atoms with Gasteiger partial charge in [0.25, 0.3) is 0 Å². The lowest BCUT2D eigenvalue weighted by atomic mass is 9.93. The molecule has 0 fully saturated rings. The fraction of sp³-hybridized carbons (Fsp3) is 0.167. The molecular weight excluding hydrogens is 324 g/mol. The number of primary amides is 1. The van der Waals surface area contributed by atoms with E-state index in [1.54, 1.807) is 12.1 Å². The molecule has 24 heavy (non-hydrogen) atoms. The third-order valence-corrected chi connectivity index (χ3v) is 4.66.